The fourth-order valence-corrected chi connectivity index (χ4v) is 2.32. The molecule has 0 aromatic heterocycles. The maximum absolute atomic E-state index is 11.4. The highest BCUT2D eigenvalue weighted by atomic mass is 16.5. The SMILES string of the molecule is CC(C)C(C=O)N(C)C.CNCC(=O)NCCNCCOCCN(C)C(=O)/C=C\C=O. The zero-order chi connectivity index (χ0) is 24.1. The van der Waals surface area contributed by atoms with Gasteiger partial charge < -0.3 is 30.4 Å². The van der Waals surface area contributed by atoms with Gasteiger partial charge in [-0.2, -0.15) is 0 Å². The third-order valence-electron chi connectivity index (χ3n) is 4.07. The molecule has 0 aliphatic carbocycles. The molecule has 0 aliphatic heterocycles. The summed E-state index contributed by atoms with van der Waals surface area (Å²) >= 11 is 0. The molecular formula is C21H41N5O5. The molecule has 1 unspecified atom stereocenters. The van der Waals surface area contributed by atoms with Crippen molar-refractivity contribution in [2.75, 3.05) is 74.1 Å². The van der Waals surface area contributed by atoms with Crippen molar-refractivity contribution < 1.29 is 23.9 Å². The van der Waals surface area contributed by atoms with Crippen LogP contribution in [-0.2, 0) is 23.9 Å². The van der Waals surface area contributed by atoms with Gasteiger partial charge in [0.05, 0.1) is 25.8 Å². The van der Waals surface area contributed by atoms with Crippen molar-refractivity contribution in [1.82, 2.24) is 25.8 Å². The van der Waals surface area contributed by atoms with Crippen LogP contribution in [0.1, 0.15) is 13.8 Å². The van der Waals surface area contributed by atoms with Gasteiger partial charge in [0.15, 0.2) is 0 Å². The Balaban J connectivity index is 0. The molecule has 31 heavy (non-hydrogen) atoms. The topological polar surface area (TPSA) is 120 Å². The Morgan fingerprint density at radius 3 is 2.19 bits per heavy atom. The minimum atomic E-state index is -0.230. The lowest BCUT2D eigenvalue weighted by Gasteiger charge is -2.21. The van der Waals surface area contributed by atoms with E-state index in [9.17, 15) is 19.2 Å². The average Bonchev–Trinajstić information content (AvgIpc) is 2.71. The molecule has 180 valence electrons. The van der Waals surface area contributed by atoms with E-state index in [2.05, 4.69) is 16.0 Å². The van der Waals surface area contributed by atoms with Crippen molar-refractivity contribution in [3.05, 3.63) is 12.2 Å². The average molecular weight is 444 g/mol. The molecule has 0 aromatic carbocycles. The quantitative estimate of drug-likeness (QED) is 0.156. The molecule has 0 saturated heterocycles. The van der Waals surface area contributed by atoms with E-state index in [0.717, 1.165) is 6.29 Å². The highest BCUT2D eigenvalue weighted by Gasteiger charge is 2.13. The van der Waals surface area contributed by atoms with Crippen molar-refractivity contribution in [3.63, 3.8) is 0 Å². The molecular weight excluding hydrogens is 402 g/mol. The van der Waals surface area contributed by atoms with Gasteiger partial charge in [0, 0.05) is 39.3 Å². The van der Waals surface area contributed by atoms with E-state index >= 15 is 0 Å². The summed E-state index contributed by atoms with van der Waals surface area (Å²) in [4.78, 5) is 46.4. The number of hydrogen-bond donors (Lipinski definition) is 3. The first kappa shape index (κ1) is 31.0. The number of nitrogens with zero attached hydrogens (tertiary/aromatic N) is 2. The van der Waals surface area contributed by atoms with Crippen LogP contribution in [0.5, 0.6) is 0 Å². The van der Waals surface area contributed by atoms with Crippen LogP contribution in [0.15, 0.2) is 12.2 Å². The second-order valence-corrected chi connectivity index (χ2v) is 7.33. The molecule has 0 aliphatic rings. The minimum absolute atomic E-state index is 0.0307. The second-order valence-electron chi connectivity index (χ2n) is 7.33. The third-order valence-corrected chi connectivity index (χ3v) is 4.07. The van der Waals surface area contributed by atoms with Crippen LogP contribution < -0.4 is 16.0 Å². The van der Waals surface area contributed by atoms with Gasteiger partial charge in [0.25, 0.3) is 0 Å². The highest BCUT2D eigenvalue weighted by molar-refractivity contribution is 5.90. The number of likely N-dealkylation sites (N-methyl/N-ethyl adjacent to an activating group) is 3. The van der Waals surface area contributed by atoms with E-state index in [1.807, 2.05) is 32.8 Å². The summed E-state index contributed by atoms with van der Waals surface area (Å²) in [5, 5.41) is 8.65. The molecule has 0 fully saturated rings. The van der Waals surface area contributed by atoms with Gasteiger partial charge in [0.1, 0.15) is 12.6 Å². The van der Waals surface area contributed by atoms with Crippen LogP contribution in [0.3, 0.4) is 0 Å². The lowest BCUT2D eigenvalue weighted by Crippen LogP contribution is -2.37. The first-order chi connectivity index (χ1) is 14.7. The third kappa shape index (κ3) is 19.6. The molecule has 0 radical (unpaired) electrons. The van der Waals surface area contributed by atoms with Gasteiger partial charge in [-0.15, -0.1) is 0 Å². The van der Waals surface area contributed by atoms with E-state index in [1.165, 1.54) is 17.1 Å². The van der Waals surface area contributed by atoms with Gasteiger partial charge in [0.2, 0.25) is 11.8 Å². The number of carbonyl (C=O) groups is 4. The number of aldehydes is 2. The van der Waals surface area contributed by atoms with E-state index < -0.39 is 0 Å². The second kappa shape index (κ2) is 21.1. The predicted molar refractivity (Wildman–Crippen MR) is 122 cm³/mol. The maximum Gasteiger partial charge on any atom is 0.246 e. The Kier molecular flexibility index (Phi) is 21.1. The number of carbonyl (C=O) groups excluding carboxylic acids is 4. The van der Waals surface area contributed by atoms with Crippen molar-refractivity contribution in [2.24, 2.45) is 5.92 Å². The molecule has 1 atom stereocenters. The molecule has 10 heteroatoms. The molecule has 0 spiro atoms. The lowest BCUT2D eigenvalue weighted by molar-refractivity contribution is -0.125. The smallest absolute Gasteiger partial charge is 0.246 e. The molecule has 2 amide bonds. The summed E-state index contributed by atoms with van der Waals surface area (Å²) in [6.45, 7) is 7.73. The summed E-state index contributed by atoms with van der Waals surface area (Å²) in [7, 11) is 7.20. The monoisotopic (exact) mass is 443 g/mol. The van der Waals surface area contributed by atoms with Gasteiger partial charge in [-0.25, -0.2) is 0 Å². The molecule has 0 bridgehead atoms. The lowest BCUT2D eigenvalue weighted by atomic mass is 10.1. The van der Waals surface area contributed by atoms with Gasteiger partial charge >= 0.3 is 0 Å². The molecule has 10 nitrogen and oxygen atoms in total. The zero-order valence-corrected chi connectivity index (χ0v) is 19.8. The molecule has 0 aromatic rings. The van der Waals surface area contributed by atoms with Gasteiger partial charge in [-0.1, -0.05) is 13.8 Å². The van der Waals surface area contributed by atoms with Gasteiger partial charge in [-0.05, 0) is 33.1 Å². The van der Waals surface area contributed by atoms with E-state index in [1.54, 1.807) is 14.1 Å². The number of ether oxygens (including phenoxy) is 1. The van der Waals surface area contributed by atoms with E-state index in [4.69, 9.17) is 4.74 Å². The van der Waals surface area contributed by atoms with Crippen LogP contribution in [0.4, 0.5) is 0 Å². The van der Waals surface area contributed by atoms with Crippen LogP contribution in [-0.4, -0.2) is 114 Å². The fourth-order valence-electron chi connectivity index (χ4n) is 2.32. The zero-order valence-electron chi connectivity index (χ0n) is 19.8. The number of nitrogens with one attached hydrogen (secondary N) is 3. The number of allylic oxidation sites excluding steroid dienone is 1. The van der Waals surface area contributed by atoms with E-state index in [0.29, 0.717) is 58.1 Å². The standard InChI is InChI=1S/C14H26N4O4.C7H15NO/c1-15-12-13(20)17-6-5-16-7-10-22-11-8-18(2)14(21)4-3-9-19;1-6(2)7(5-9)8(3)4/h3-4,9,15-16H,5-8,10-12H2,1-2H3,(H,17,20);5-7H,1-4H3/b4-3-;. The Labute approximate surface area is 186 Å². The highest BCUT2D eigenvalue weighted by Crippen LogP contribution is 2.03. The largest absolute Gasteiger partial charge is 0.378 e. The number of rotatable bonds is 16. The Morgan fingerprint density at radius 2 is 1.71 bits per heavy atom. The number of hydrogen-bond acceptors (Lipinski definition) is 8. The molecule has 0 heterocycles. The normalized spacial score (nSPS) is 11.7. The summed E-state index contributed by atoms with van der Waals surface area (Å²) in [5.74, 6) is 0.153. The summed E-state index contributed by atoms with van der Waals surface area (Å²) in [6.07, 6.45) is 3.94. The summed E-state index contributed by atoms with van der Waals surface area (Å²) < 4.78 is 5.38. The van der Waals surface area contributed by atoms with Gasteiger partial charge in [-0.3, -0.25) is 19.3 Å². The fraction of sp³-hybridized carbons (Fsp3) is 0.714. The summed E-state index contributed by atoms with van der Waals surface area (Å²) in [5.41, 5.74) is 0. The van der Waals surface area contributed by atoms with Crippen LogP contribution in [0.2, 0.25) is 0 Å². The van der Waals surface area contributed by atoms with Crippen molar-refractivity contribution >= 4 is 24.4 Å². The van der Waals surface area contributed by atoms with E-state index in [-0.39, 0.29) is 17.9 Å². The number of amides is 2. The Morgan fingerprint density at radius 1 is 1.03 bits per heavy atom. The van der Waals surface area contributed by atoms with Crippen LogP contribution >= 0.6 is 0 Å². The minimum Gasteiger partial charge on any atom is -0.378 e. The van der Waals surface area contributed by atoms with Crippen molar-refractivity contribution in [2.45, 2.75) is 19.9 Å². The molecule has 0 rings (SSSR count). The van der Waals surface area contributed by atoms with Crippen LogP contribution in [0, 0.1) is 5.92 Å². The van der Waals surface area contributed by atoms with Crippen LogP contribution in [0.25, 0.3) is 0 Å². The summed E-state index contributed by atoms with van der Waals surface area (Å²) in [6, 6.07) is 0.0741. The maximum atomic E-state index is 11.4. The first-order valence-electron chi connectivity index (χ1n) is 10.4. The first-order valence-corrected chi connectivity index (χ1v) is 10.4. The molecule has 3 N–H and O–H groups in total. The Hall–Kier alpha value is -2.14. The van der Waals surface area contributed by atoms with Crippen molar-refractivity contribution in [3.8, 4) is 0 Å². The van der Waals surface area contributed by atoms with Crippen molar-refractivity contribution in [1.29, 1.82) is 0 Å². The Bertz CT molecular complexity index is 518. The molecule has 0 saturated carbocycles. The predicted octanol–water partition coefficient (Wildman–Crippen LogP) is -1.09.